The van der Waals surface area contributed by atoms with Gasteiger partial charge in [-0.05, 0) is 41.8 Å². The monoisotopic (exact) mass is 261 g/mol. The van der Waals surface area contributed by atoms with Crippen LogP contribution in [0.4, 0.5) is 0 Å². The predicted molar refractivity (Wildman–Crippen MR) is 74.9 cm³/mol. The molecule has 2 N–H and O–H groups in total. The summed E-state index contributed by atoms with van der Waals surface area (Å²) in [6.45, 7) is 3.10. The zero-order valence-corrected chi connectivity index (χ0v) is 11.1. The zero-order chi connectivity index (χ0) is 13.0. The van der Waals surface area contributed by atoms with Crippen molar-refractivity contribution in [2.75, 3.05) is 0 Å². The van der Waals surface area contributed by atoms with Gasteiger partial charge in [-0.15, -0.1) is 0 Å². The number of hydrogen-bond donors (Lipinski definition) is 1. The topological polar surface area (TPSA) is 35.2 Å². The molecule has 0 aromatic heterocycles. The molecule has 0 bridgehead atoms. The smallest absolute Gasteiger partial charge is 0.122 e. The summed E-state index contributed by atoms with van der Waals surface area (Å²) < 4.78 is 5.76. The molecule has 2 aromatic rings. The molecular weight excluding hydrogens is 246 g/mol. The summed E-state index contributed by atoms with van der Waals surface area (Å²) in [5.74, 6) is 0.863. The molecule has 0 aliphatic rings. The Balaban J connectivity index is 2.02. The molecule has 0 aliphatic heterocycles. The van der Waals surface area contributed by atoms with E-state index in [1.165, 1.54) is 0 Å². The standard InChI is InChI=1S/C15H16ClNO/c1-11-8-14(16)6-7-15(11)18-10-13-4-2-12(9-17)3-5-13/h2-8H,9-10,17H2,1H3. The van der Waals surface area contributed by atoms with Gasteiger partial charge in [-0.2, -0.15) is 0 Å². The molecule has 0 saturated heterocycles. The normalized spacial score (nSPS) is 10.4. The maximum absolute atomic E-state index is 5.90. The summed E-state index contributed by atoms with van der Waals surface area (Å²) in [5.41, 5.74) is 8.85. The Kier molecular flexibility index (Phi) is 4.24. The molecule has 0 amide bonds. The van der Waals surface area contributed by atoms with Crippen LogP contribution >= 0.6 is 11.6 Å². The minimum Gasteiger partial charge on any atom is -0.489 e. The van der Waals surface area contributed by atoms with Crippen molar-refractivity contribution in [2.24, 2.45) is 5.73 Å². The Morgan fingerprint density at radius 1 is 1.06 bits per heavy atom. The molecule has 0 spiro atoms. The number of ether oxygens (including phenoxy) is 1. The SMILES string of the molecule is Cc1cc(Cl)ccc1OCc1ccc(CN)cc1. The second kappa shape index (κ2) is 5.89. The van der Waals surface area contributed by atoms with E-state index in [0.29, 0.717) is 13.2 Å². The summed E-state index contributed by atoms with van der Waals surface area (Å²) in [5, 5.41) is 0.729. The molecule has 0 unspecified atom stereocenters. The lowest BCUT2D eigenvalue weighted by molar-refractivity contribution is 0.304. The van der Waals surface area contributed by atoms with Crippen molar-refractivity contribution < 1.29 is 4.74 Å². The molecule has 2 rings (SSSR count). The van der Waals surface area contributed by atoms with Gasteiger partial charge in [0.15, 0.2) is 0 Å². The fourth-order valence-electron chi connectivity index (χ4n) is 1.71. The molecule has 94 valence electrons. The number of benzene rings is 2. The van der Waals surface area contributed by atoms with Crippen molar-refractivity contribution in [3.63, 3.8) is 0 Å². The van der Waals surface area contributed by atoms with Gasteiger partial charge in [0.05, 0.1) is 0 Å². The summed E-state index contributed by atoms with van der Waals surface area (Å²) in [6, 6.07) is 13.7. The first-order valence-corrected chi connectivity index (χ1v) is 6.23. The van der Waals surface area contributed by atoms with Gasteiger partial charge in [0.1, 0.15) is 12.4 Å². The van der Waals surface area contributed by atoms with Crippen molar-refractivity contribution in [3.8, 4) is 5.75 Å². The highest BCUT2D eigenvalue weighted by Gasteiger charge is 2.01. The van der Waals surface area contributed by atoms with Crippen LogP contribution in [0.15, 0.2) is 42.5 Å². The molecule has 0 atom stereocenters. The van der Waals surface area contributed by atoms with Crippen LogP contribution in [0.1, 0.15) is 16.7 Å². The average Bonchev–Trinajstić information content (AvgIpc) is 2.38. The van der Waals surface area contributed by atoms with E-state index >= 15 is 0 Å². The van der Waals surface area contributed by atoms with Crippen LogP contribution in [0.3, 0.4) is 0 Å². The molecule has 2 nitrogen and oxygen atoms in total. The molecular formula is C15H16ClNO. The highest BCUT2D eigenvalue weighted by Crippen LogP contribution is 2.22. The highest BCUT2D eigenvalue weighted by atomic mass is 35.5. The van der Waals surface area contributed by atoms with Crippen molar-refractivity contribution in [3.05, 3.63) is 64.2 Å². The van der Waals surface area contributed by atoms with E-state index in [1.807, 2.05) is 49.4 Å². The van der Waals surface area contributed by atoms with Gasteiger partial charge in [-0.25, -0.2) is 0 Å². The Hall–Kier alpha value is -1.51. The summed E-state index contributed by atoms with van der Waals surface area (Å²) in [4.78, 5) is 0. The zero-order valence-electron chi connectivity index (χ0n) is 10.3. The van der Waals surface area contributed by atoms with Gasteiger partial charge in [0, 0.05) is 11.6 Å². The van der Waals surface area contributed by atoms with Crippen molar-refractivity contribution in [1.29, 1.82) is 0 Å². The average molecular weight is 262 g/mol. The predicted octanol–water partition coefficient (Wildman–Crippen LogP) is 3.69. The number of rotatable bonds is 4. The number of hydrogen-bond acceptors (Lipinski definition) is 2. The molecule has 0 radical (unpaired) electrons. The van der Waals surface area contributed by atoms with Crippen LogP contribution < -0.4 is 10.5 Å². The maximum atomic E-state index is 5.90. The number of halogens is 1. The van der Waals surface area contributed by atoms with Gasteiger partial charge in [0.25, 0.3) is 0 Å². The van der Waals surface area contributed by atoms with Gasteiger partial charge < -0.3 is 10.5 Å². The fraction of sp³-hybridized carbons (Fsp3) is 0.200. The van der Waals surface area contributed by atoms with E-state index in [2.05, 4.69) is 0 Å². The molecule has 0 aliphatic carbocycles. The summed E-state index contributed by atoms with van der Waals surface area (Å²) in [7, 11) is 0. The molecule has 18 heavy (non-hydrogen) atoms. The van der Waals surface area contributed by atoms with E-state index in [-0.39, 0.29) is 0 Å². The number of nitrogens with two attached hydrogens (primary N) is 1. The quantitative estimate of drug-likeness (QED) is 0.911. The third-order valence-electron chi connectivity index (χ3n) is 2.79. The van der Waals surface area contributed by atoms with Crippen LogP contribution in [0.5, 0.6) is 5.75 Å². The first kappa shape index (κ1) is 12.9. The van der Waals surface area contributed by atoms with Crippen LogP contribution in [0, 0.1) is 6.92 Å². The van der Waals surface area contributed by atoms with Gasteiger partial charge in [-0.3, -0.25) is 0 Å². The van der Waals surface area contributed by atoms with Gasteiger partial charge in [0.2, 0.25) is 0 Å². The van der Waals surface area contributed by atoms with Gasteiger partial charge in [-0.1, -0.05) is 35.9 Å². The van der Waals surface area contributed by atoms with E-state index < -0.39 is 0 Å². The first-order valence-electron chi connectivity index (χ1n) is 5.86. The summed E-state index contributed by atoms with van der Waals surface area (Å²) >= 11 is 5.90. The largest absolute Gasteiger partial charge is 0.489 e. The van der Waals surface area contributed by atoms with E-state index in [4.69, 9.17) is 22.1 Å². The molecule has 0 heterocycles. The molecule has 2 aromatic carbocycles. The number of aryl methyl sites for hydroxylation is 1. The third kappa shape index (κ3) is 3.25. The lowest BCUT2D eigenvalue weighted by atomic mass is 10.1. The lowest BCUT2D eigenvalue weighted by Gasteiger charge is -2.09. The second-order valence-corrected chi connectivity index (χ2v) is 4.66. The lowest BCUT2D eigenvalue weighted by Crippen LogP contribution is -1.99. The minimum atomic E-state index is 0.549. The second-order valence-electron chi connectivity index (χ2n) is 4.22. The Morgan fingerprint density at radius 2 is 1.72 bits per heavy atom. The third-order valence-corrected chi connectivity index (χ3v) is 3.03. The minimum absolute atomic E-state index is 0.549. The van der Waals surface area contributed by atoms with Gasteiger partial charge >= 0.3 is 0 Å². The van der Waals surface area contributed by atoms with Crippen LogP contribution in [0.25, 0.3) is 0 Å². The van der Waals surface area contributed by atoms with E-state index in [9.17, 15) is 0 Å². The molecule has 0 fully saturated rings. The highest BCUT2D eigenvalue weighted by molar-refractivity contribution is 6.30. The van der Waals surface area contributed by atoms with Crippen molar-refractivity contribution in [2.45, 2.75) is 20.1 Å². The van der Waals surface area contributed by atoms with E-state index in [0.717, 1.165) is 27.5 Å². The van der Waals surface area contributed by atoms with E-state index in [1.54, 1.807) is 0 Å². The van der Waals surface area contributed by atoms with Crippen LogP contribution in [0.2, 0.25) is 5.02 Å². The summed E-state index contributed by atoms with van der Waals surface area (Å²) in [6.07, 6.45) is 0. The van der Waals surface area contributed by atoms with Crippen LogP contribution in [-0.4, -0.2) is 0 Å². The maximum Gasteiger partial charge on any atom is 0.122 e. The molecule has 3 heteroatoms. The van der Waals surface area contributed by atoms with Crippen molar-refractivity contribution in [1.82, 2.24) is 0 Å². The molecule has 0 saturated carbocycles. The van der Waals surface area contributed by atoms with Crippen molar-refractivity contribution >= 4 is 11.6 Å². The Labute approximate surface area is 112 Å². The fourth-order valence-corrected chi connectivity index (χ4v) is 1.93. The Morgan fingerprint density at radius 3 is 2.33 bits per heavy atom. The Bertz CT molecular complexity index is 523. The van der Waals surface area contributed by atoms with Crippen LogP contribution in [-0.2, 0) is 13.2 Å². The first-order chi connectivity index (χ1) is 8.69.